The molecule has 1 unspecified atom stereocenters. The second-order valence-corrected chi connectivity index (χ2v) is 10.4. The SMILES string of the molecule is Cc1cccc(N2C(=O)/C(=C3/Sc4ccc(Cl)cc4N3C)SC2=NC(C)c2ccccc2)c1. The van der Waals surface area contributed by atoms with Gasteiger partial charge in [-0.3, -0.25) is 14.7 Å². The molecule has 2 aliphatic heterocycles. The summed E-state index contributed by atoms with van der Waals surface area (Å²) < 4.78 is 0. The van der Waals surface area contributed by atoms with E-state index in [4.69, 9.17) is 16.6 Å². The van der Waals surface area contributed by atoms with Gasteiger partial charge in [0.2, 0.25) is 0 Å². The van der Waals surface area contributed by atoms with Crippen molar-refractivity contribution in [2.24, 2.45) is 4.99 Å². The Morgan fingerprint density at radius 1 is 0.970 bits per heavy atom. The fraction of sp³-hybridized carbons (Fsp3) is 0.154. The van der Waals surface area contributed by atoms with Crippen LogP contribution in [0.15, 0.2) is 92.6 Å². The summed E-state index contributed by atoms with van der Waals surface area (Å²) in [6.07, 6.45) is 0. The molecule has 1 amide bonds. The van der Waals surface area contributed by atoms with Crippen molar-refractivity contribution in [2.45, 2.75) is 24.8 Å². The molecule has 33 heavy (non-hydrogen) atoms. The summed E-state index contributed by atoms with van der Waals surface area (Å²) >= 11 is 9.26. The minimum atomic E-state index is -0.0804. The Kier molecular flexibility index (Phi) is 5.99. The lowest BCUT2D eigenvalue weighted by atomic mass is 10.1. The predicted molar refractivity (Wildman–Crippen MR) is 141 cm³/mol. The topological polar surface area (TPSA) is 35.9 Å². The molecule has 4 nitrogen and oxygen atoms in total. The van der Waals surface area contributed by atoms with Crippen molar-refractivity contribution in [3.05, 3.63) is 98.9 Å². The molecule has 1 saturated heterocycles. The first-order valence-electron chi connectivity index (χ1n) is 10.6. The van der Waals surface area contributed by atoms with E-state index < -0.39 is 0 Å². The maximum absolute atomic E-state index is 13.8. The number of hydrogen-bond donors (Lipinski definition) is 0. The van der Waals surface area contributed by atoms with E-state index in [0.717, 1.165) is 32.4 Å². The van der Waals surface area contributed by atoms with Crippen LogP contribution < -0.4 is 9.80 Å². The van der Waals surface area contributed by atoms with Crippen molar-refractivity contribution in [1.29, 1.82) is 0 Å². The van der Waals surface area contributed by atoms with Crippen molar-refractivity contribution in [1.82, 2.24) is 0 Å². The fourth-order valence-electron chi connectivity index (χ4n) is 3.87. The highest BCUT2D eigenvalue weighted by Gasteiger charge is 2.40. The van der Waals surface area contributed by atoms with Crippen LogP contribution in [0.1, 0.15) is 24.1 Å². The van der Waals surface area contributed by atoms with Crippen molar-refractivity contribution in [3.8, 4) is 0 Å². The molecule has 0 N–H and O–H groups in total. The molecule has 7 heteroatoms. The number of anilines is 2. The summed E-state index contributed by atoms with van der Waals surface area (Å²) in [5.41, 5.74) is 4.04. The normalized spacial score (nSPS) is 20.0. The van der Waals surface area contributed by atoms with Gasteiger partial charge in [-0.15, -0.1) is 0 Å². The van der Waals surface area contributed by atoms with Crippen LogP contribution in [0.2, 0.25) is 5.02 Å². The van der Waals surface area contributed by atoms with Crippen LogP contribution in [0.3, 0.4) is 0 Å². The average molecular weight is 492 g/mol. The summed E-state index contributed by atoms with van der Waals surface area (Å²) in [6.45, 7) is 4.09. The Morgan fingerprint density at radius 2 is 1.76 bits per heavy atom. The van der Waals surface area contributed by atoms with Gasteiger partial charge >= 0.3 is 0 Å². The zero-order chi connectivity index (χ0) is 23.1. The van der Waals surface area contributed by atoms with Crippen LogP contribution in [0, 0.1) is 6.92 Å². The van der Waals surface area contributed by atoms with Gasteiger partial charge in [0.05, 0.1) is 22.4 Å². The zero-order valence-electron chi connectivity index (χ0n) is 18.4. The second-order valence-electron chi connectivity index (χ2n) is 7.99. The van der Waals surface area contributed by atoms with E-state index in [9.17, 15) is 4.79 Å². The Hall–Kier alpha value is -2.67. The third-order valence-electron chi connectivity index (χ3n) is 5.62. The molecule has 3 aromatic rings. The van der Waals surface area contributed by atoms with E-state index >= 15 is 0 Å². The number of amides is 1. The third kappa shape index (κ3) is 4.19. The predicted octanol–water partition coefficient (Wildman–Crippen LogP) is 7.26. The second kappa shape index (κ2) is 8.93. The lowest BCUT2D eigenvalue weighted by Crippen LogP contribution is -2.29. The van der Waals surface area contributed by atoms with Crippen LogP contribution in [0.4, 0.5) is 11.4 Å². The largest absolute Gasteiger partial charge is 0.337 e. The van der Waals surface area contributed by atoms with Gasteiger partial charge in [-0.05, 0) is 67.1 Å². The number of amidine groups is 1. The van der Waals surface area contributed by atoms with Crippen molar-refractivity contribution >= 4 is 57.6 Å². The molecule has 0 spiro atoms. The first kappa shape index (κ1) is 22.1. The van der Waals surface area contributed by atoms with E-state index in [0.29, 0.717) is 15.1 Å². The molecular formula is C26H22ClN3OS2. The smallest absolute Gasteiger partial charge is 0.274 e. The standard InChI is InChI=1S/C26H22ClN3OS2/c1-16-8-7-11-20(14-16)30-24(31)23(25-29(3)21-15-19(27)12-13-22(21)32-25)33-26(30)28-17(2)18-9-5-4-6-10-18/h4-15,17H,1-3H3/b25-23-,28-26?. The molecule has 2 heterocycles. The first-order valence-corrected chi connectivity index (χ1v) is 12.6. The van der Waals surface area contributed by atoms with E-state index in [1.165, 1.54) is 11.8 Å². The quantitative estimate of drug-likeness (QED) is 0.361. The van der Waals surface area contributed by atoms with E-state index in [1.54, 1.807) is 16.7 Å². The van der Waals surface area contributed by atoms with Crippen molar-refractivity contribution in [3.63, 3.8) is 0 Å². The number of fused-ring (bicyclic) bond motifs is 1. The van der Waals surface area contributed by atoms with Gasteiger partial charge in [-0.25, -0.2) is 0 Å². The molecule has 0 saturated carbocycles. The van der Waals surface area contributed by atoms with Crippen LogP contribution in [-0.4, -0.2) is 18.1 Å². The van der Waals surface area contributed by atoms with E-state index in [1.807, 2.05) is 79.5 Å². The molecular weight excluding hydrogens is 470 g/mol. The number of aliphatic imine (C=N–C) groups is 1. The Morgan fingerprint density at radius 3 is 2.52 bits per heavy atom. The average Bonchev–Trinajstić information content (AvgIpc) is 3.30. The highest BCUT2D eigenvalue weighted by Crippen LogP contribution is 2.51. The molecule has 0 aliphatic carbocycles. The van der Waals surface area contributed by atoms with Crippen LogP contribution >= 0.6 is 35.1 Å². The fourth-order valence-corrected chi connectivity index (χ4v) is 6.43. The van der Waals surface area contributed by atoms with Crippen LogP contribution in [-0.2, 0) is 4.79 Å². The Labute approximate surface area is 207 Å². The number of thioether (sulfide) groups is 2. The lowest BCUT2D eigenvalue weighted by Gasteiger charge is -2.18. The van der Waals surface area contributed by atoms with Crippen molar-refractivity contribution in [2.75, 3.05) is 16.8 Å². The van der Waals surface area contributed by atoms with Gasteiger partial charge in [-0.1, -0.05) is 65.8 Å². The molecule has 0 radical (unpaired) electrons. The highest BCUT2D eigenvalue weighted by atomic mass is 35.5. The van der Waals surface area contributed by atoms with E-state index in [2.05, 4.69) is 19.1 Å². The minimum absolute atomic E-state index is 0.0575. The van der Waals surface area contributed by atoms with Gasteiger partial charge in [0.25, 0.3) is 5.91 Å². The molecule has 1 fully saturated rings. The zero-order valence-corrected chi connectivity index (χ0v) is 20.8. The van der Waals surface area contributed by atoms with E-state index in [-0.39, 0.29) is 11.9 Å². The minimum Gasteiger partial charge on any atom is -0.337 e. The number of carbonyl (C=O) groups excluding carboxylic acids is 1. The number of hydrogen-bond acceptors (Lipinski definition) is 5. The summed E-state index contributed by atoms with van der Waals surface area (Å²) in [4.78, 5) is 24.3. The number of aryl methyl sites for hydroxylation is 1. The monoisotopic (exact) mass is 491 g/mol. The molecule has 166 valence electrons. The van der Waals surface area contributed by atoms with Crippen LogP contribution in [0.25, 0.3) is 0 Å². The maximum Gasteiger partial charge on any atom is 0.274 e. The third-order valence-corrected chi connectivity index (χ3v) is 8.26. The molecule has 5 rings (SSSR count). The summed E-state index contributed by atoms with van der Waals surface area (Å²) in [5, 5.41) is 2.27. The van der Waals surface area contributed by atoms with Gasteiger partial charge in [0.15, 0.2) is 5.17 Å². The highest BCUT2D eigenvalue weighted by molar-refractivity contribution is 8.20. The number of halogens is 1. The number of nitrogens with zero attached hydrogens (tertiary/aromatic N) is 3. The lowest BCUT2D eigenvalue weighted by molar-refractivity contribution is -0.113. The molecule has 0 bridgehead atoms. The number of rotatable bonds is 3. The van der Waals surface area contributed by atoms with Gasteiger partial charge < -0.3 is 4.90 Å². The number of benzene rings is 3. The summed E-state index contributed by atoms with van der Waals surface area (Å²) in [7, 11) is 1.98. The van der Waals surface area contributed by atoms with Crippen LogP contribution in [0.5, 0.6) is 0 Å². The summed E-state index contributed by atoms with van der Waals surface area (Å²) in [5.74, 6) is -0.0575. The number of carbonyl (C=O) groups is 1. The Bertz CT molecular complexity index is 1310. The molecule has 2 aliphatic rings. The van der Waals surface area contributed by atoms with Gasteiger partial charge in [0, 0.05) is 17.0 Å². The van der Waals surface area contributed by atoms with Crippen molar-refractivity contribution < 1.29 is 4.79 Å². The van der Waals surface area contributed by atoms with Gasteiger partial charge in [-0.2, -0.15) is 0 Å². The molecule has 3 aromatic carbocycles. The Balaban J connectivity index is 1.59. The maximum atomic E-state index is 13.8. The first-order chi connectivity index (χ1) is 15.9. The molecule has 1 atom stereocenters. The molecule has 0 aromatic heterocycles. The van der Waals surface area contributed by atoms with Gasteiger partial charge in [0.1, 0.15) is 4.91 Å². The summed E-state index contributed by atoms with van der Waals surface area (Å²) in [6, 6.07) is 23.9.